The number of hydrogen-bond acceptors (Lipinski definition) is 2. The van der Waals surface area contributed by atoms with Gasteiger partial charge < -0.3 is 15.7 Å². The first kappa shape index (κ1) is 11.3. The lowest BCUT2D eigenvalue weighted by atomic mass is 9.82. The highest BCUT2D eigenvalue weighted by molar-refractivity contribution is 5.73. The monoisotopic (exact) mass is 200 g/mol. The Morgan fingerprint density at radius 2 is 2.29 bits per heavy atom. The Hall–Kier alpha value is -0.770. The molecule has 14 heavy (non-hydrogen) atoms. The Morgan fingerprint density at radius 1 is 1.57 bits per heavy atom. The van der Waals surface area contributed by atoms with E-state index in [1.807, 2.05) is 0 Å². The molecule has 0 aromatic carbocycles. The average molecular weight is 200 g/mol. The molecule has 0 aromatic heterocycles. The number of nitrogens with two attached hydrogens (primary N) is 1. The summed E-state index contributed by atoms with van der Waals surface area (Å²) in [5.41, 5.74) is 5.17. The van der Waals surface area contributed by atoms with Gasteiger partial charge in [-0.2, -0.15) is 0 Å². The molecule has 1 aliphatic heterocycles. The number of urea groups is 1. The van der Waals surface area contributed by atoms with Crippen molar-refractivity contribution in [3.63, 3.8) is 0 Å². The van der Waals surface area contributed by atoms with Gasteiger partial charge in [-0.3, -0.25) is 0 Å². The molecule has 1 saturated heterocycles. The quantitative estimate of drug-likeness (QED) is 0.716. The topological polar surface area (TPSA) is 66.6 Å². The van der Waals surface area contributed by atoms with Crippen LogP contribution in [0.5, 0.6) is 0 Å². The molecule has 3 N–H and O–H groups in total. The van der Waals surface area contributed by atoms with Gasteiger partial charge in [-0.15, -0.1) is 0 Å². The first-order chi connectivity index (χ1) is 6.66. The van der Waals surface area contributed by atoms with Crippen molar-refractivity contribution < 1.29 is 9.90 Å². The highest BCUT2D eigenvalue weighted by Crippen LogP contribution is 2.33. The van der Waals surface area contributed by atoms with Gasteiger partial charge in [-0.25, -0.2) is 4.79 Å². The van der Waals surface area contributed by atoms with E-state index in [1.54, 1.807) is 4.90 Å². The molecule has 2 amide bonds. The minimum atomic E-state index is -0.347. The highest BCUT2D eigenvalue weighted by Gasteiger charge is 2.38. The summed E-state index contributed by atoms with van der Waals surface area (Å²) >= 11 is 0. The molecular weight excluding hydrogens is 180 g/mol. The standard InChI is InChI=1S/C10H20N2O2/c1-2-10(6-8-13)5-3-4-7-12(10)9(11)14/h13H,2-8H2,1H3,(H2,11,14). The lowest BCUT2D eigenvalue weighted by Crippen LogP contribution is -2.56. The van der Waals surface area contributed by atoms with Gasteiger partial charge in [0.2, 0.25) is 0 Å². The second-order valence-electron chi connectivity index (χ2n) is 4.00. The summed E-state index contributed by atoms with van der Waals surface area (Å²) in [7, 11) is 0. The minimum absolute atomic E-state index is 0.123. The largest absolute Gasteiger partial charge is 0.396 e. The van der Waals surface area contributed by atoms with E-state index in [2.05, 4.69) is 6.92 Å². The maximum atomic E-state index is 11.3. The first-order valence-electron chi connectivity index (χ1n) is 5.34. The third kappa shape index (κ3) is 2.00. The van der Waals surface area contributed by atoms with Gasteiger partial charge in [-0.05, 0) is 32.1 Å². The zero-order valence-corrected chi connectivity index (χ0v) is 8.83. The van der Waals surface area contributed by atoms with Gasteiger partial charge in [0.15, 0.2) is 0 Å². The van der Waals surface area contributed by atoms with Crippen LogP contribution in [0.2, 0.25) is 0 Å². The number of primary amides is 1. The molecule has 0 bridgehead atoms. The van der Waals surface area contributed by atoms with Crippen molar-refractivity contribution >= 4 is 6.03 Å². The zero-order chi connectivity index (χ0) is 10.6. The van der Waals surface area contributed by atoms with E-state index in [1.165, 1.54) is 0 Å². The van der Waals surface area contributed by atoms with Crippen molar-refractivity contribution in [2.75, 3.05) is 13.2 Å². The number of nitrogens with zero attached hydrogens (tertiary/aromatic N) is 1. The number of aliphatic hydroxyl groups excluding tert-OH is 1. The van der Waals surface area contributed by atoms with E-state index in [0.717, 1.165) is 32.2 Å². The molecule has 1 aliphatic rings. The molecule has 0 aliphatic carbocycles. The Bertz CT molecular complexity index is 204. The van der Waals surface area contributed by atoms with E-state index in [9.17, 15) is 4.79 Å². The number of hydrogen-bond donors (Lipinski definition) is 2. The van der Waals surface area contributed by atoms with Crippen LogP contribution in [0.25, 0.3) is 0 Å². The third-order valence-electron chi connectivity index (χ3n) is 3.35. The van der Waals surface area contributed by atoms with Gasteiger partial charge in [0.05, 0.1) is 0 Å². The molecular formula is C10H20N2O2. The summed E-state index contributed by atoms with van der Waals surface area (Å²) in [6.45, 7) is 2.91. The molecule has 0 saturated carbocycles. The maximum Gasteiger partial charge on any atom is 0.315 e. The summed E-state index contributed by atoms with van der Waals surface area (Å²) in [5.74, 6) is 0. The number of rotatable bonds is 3. The number of carbonyl (C=O) groups excluding carboxylic acids is 1. The Balaban J connectivity index is 2.80. The summed E-state index contributed by atoms with van der Waals surface area (Å²) in [6, 6.07) is -0.347. The van der Waals surface area contributed by atoms with Gasteiger partial charge in [0, 0.05) is 18.7 Å². The summed E-state index contributed by atoms with van der Waals surface area (Å²) < 4.78 is 0. The SMILES string of the molecule is CCC1(CCO)CCCCN1C(N)=O. The molecule has 0 aromatic rings. The predicted molar refractivity (Wildman–Crippen MR) is 54.9 cm³/mol. The number of piperidine rings is 1. The zero-order valence-electron chi connectivity index (χ0n) is 8.83. The van der Waals surface area contributed by atoms with E-state index in [4.69, 9.17) is 10.8 Å². The molecule has 4 nitrogen and oxygen atoms in total. The van der Waals surface area contributed by atoms with Gasteiger partial charge in [0.1, 0.15) is 0 Å². The van der Waals surface area contributed by atoms with Crippen LogP contribution in [0.15, 0.2) is 0 Å². The van der Waals surface area contributed by atoms with Crippen molar-refractivity contribution in [3.05, 3.63) is 0 Å². The van der Waals surface area contributed by atoms with E-state index in [0.29, 0.717) is 6.42 Å². The average Bonchev–Trinajstić information content (AvgIpc) is 2.18. The van der Waals surface area contributed by atoms with Crippen molar-refractivity contribution in [2.24, 2.45) is 5.73 Å². The van der Waals surface area contributed by atoms with Crippen LogP contribution in [0.1, 0.15) is 39.0 Å². The second-order valence-corrected chi connectivity index (χ2v) is 4.00. The highest BCUT2D eigenvalue weighted by atomic mass is 16.3. The fourth-order valence-corrected chi connectivity index (χ4v) is 2.45. The molecule has 1 heterocycles. The lowest BCUT2D eigenvalue weighted by molar-refractivity contribution is 0.0546. The first-order valence-corrected chi connectivity index (χ1v) is 5.34. The van der Waals surface area contributed by atoms with Crippen molar-refractivity contribution in [1.82, 2.24) is 4.90 Å². The number of carbonyl (C=O) groups is 1. The normalized spacial score (nSPS) is 27.7. The molecule has 1 rings (SSSR count). The van der Waals surface area contributed by atoms with Crippen molar-refractivity contribution in [2.45, 2.75) is 44.6 Å². The number of likely N-dealkylation sites (tertiary alicyclic amines) is 1. The number of amides is 2. The van der Waals surface area contributed by atoms with Crippen LogP contribution >= 0.6 is 0 Å². The maximum absolute atomic E-state index is 11.3. The van der Waals surface area contributed by atoms with Gasteiger partial charge >= 0.3 is 6.03 Å². The fourth-order valence-electron chi connectivity index (χ4n) is 2.45. The smallest absolute Gasteiger partial charge is 0.315 e. The molecule has 1 fully saturated rings. The Kier molecular flexibility index (Phi) is 3.75. The van der Waals surface area contributed by atoms with E-state index >= 15 is 0 Å². The minimum Gasteiger partial charge on any atom is -0.396 e. The van der Waals surface area contributed by atoms with Crippen molar-refractivity contribution in [3.8, 4) is 0 Å². The summed E-state index contributed by atoms with van der Waals surface area (Å²) in [6.07, 6.45) is 4.63. The molecule has 1 atom stereocenters. The van der Waals surface area contributed by atoms with Crippen LogP contribution in [-0.4, -0.2) is 34.7 Å². The van der Waals surface area contributed by atoms with Gasteiger partial charge in [-0.1, -0.05) is 6.92 Å². The van der Waals surface area contributed by atoms with Crippen LogP contribution in [-0.2, 0) is 0 Å². The lowest BCUT2D eigenvalue weighted by Gasteiger charge is -2.46. The predicted octanol–water partition coefficient (Wildman–Crippen LogP) is 1.08. The van der Waals surface area contributed by atoms with E-state index < -0.39 is 0 Å². The molecule has 4 heteroatoms. The van der Waals surface area contributed by atoms with Crippen LogP contribution in [0.3, 0.4) is 0 Å². The second kappa shape index (κ2) is 4.64. The summed E-state index contributed by atoms with van der Waals surface area (Å²) in [4.78, 5) is 13.0. The fraction of sp³-hybridized carbons (Fsp3) is 0.900. The Labute approximate surface area is 85.1 Å². The number of aliphatic hydroxyl groups is 1. The molecule has 82 valence electrons. The van der Waals surface area contributed by atoms with Gasteiger partial charge in [0.25, 0.3) is 0 Å². The molecule has 0 spiro atoms. The summed E-state index contributed by atoms with van der Waals surface area (Å²) in [5, 5.41) is 9.04. The molecule has 0 radical (unpaired) electrons. The van der Waals surface area contributed by atoms with Crippen molar-refractivity contribution in [1.29, 1.82) is 0 Å². The van der Waals surface area contributed by atoms with Crippen LogP contribution in [0.4, 0.5) is 4.79 Å². The van der Waals surface area contributed by atoms with Crippen LogP contribution < -0.4 is 5.73 Å². The molecule has 1 unspecified atom stereocenters. The Morgan fingerprint density at radius 3 is 2.79 bits per heavy atom. The third-order valence-corrected chi connectivity index (χ3v) is 3.35. The van der Waals surface area contributed by atoms with Crippen LogP contribution in [0, 0.1) is 0 Å². The van der Waals surface area contributed by atoms with E-state index in [-0.39, 0.29) is 18.2 Å².